The van der Waals surface area contributed by atoms with Gasteiger partial charge in [0.05, 0.1) is 18.3 Å². The van der Waals surface area contributed by atoms with Gasteiger partial charge in [0.1, 0.15) is 5.82 Å². The van der Waals surface area contributed by atoms with Crippen molar-refractivity contribution >= 4 is 17.7 Å². The molecule has 1 fully saturated rings. The number of aromatic nitrogens is 7. The van der Waals surface area contributed by atoms with Crippen molar-refractivity contribution in [1.29, 1.82) is 0 Å². The van der Waals surface area contributed by atoms with Crippen LogP contribution in [0.25, 0.3) is 0 Å². The van der Waals surface area contributed by atoms with Gasteiger partial charge in [-0.25, -0.2) is 9.67 Å². The summed E-state index contributed by atoms with van der Waals surface area (Å²) in [5.74, 6) is 1.64. The number of rotatable bonds is 6. The SMILES string of the molecule is Cc1nc(CN(C)C(=O)CSc2nnnn2C2CC2)n[nH]1. The molecule has 0 unspecified atom stereocenters. The highest BCUT2D eigenvalue weighted by molar-refractivity contribution is 7.99. The van der Waals surface area contributed by atoms with Crippen LogP contribution in [0.4, 0.5) is 0 Å². The van der Waals surface area contributed by atoms with E-state index in [1.54, 1.807) is 16.6 Å². The van der Waals surface area contributed by atoms with Gasteiger partial charge < -0.3 is 4.90 Å². The summed E-state index contributed by atoms with van der Waals surface area (Å²) in [5, 5.41) is 19.1. The van der Waals surface area contributed by atoms with Crippen LogP contribution < -0.4 is 0 Å². The van der Waals surface area contributed by atoms with E-state index >= 15 is 0 Å². The van der Waals surface area contributed by atoms with Crippen LogP contribution in [0.1, 0.15) is 30.5 Å². The molecule has 0 atom stereocenters. The van der Waals surface area contributed by atoms with E-state index in [-0.39, 0.29) is 5.91 Å². The maximum absolute atomic E-state index is 12.1. The summed E-state index contributed by atoms with van der Waals surface area (Å²) < 4.78 is 1.80. The summed E-state index contributed by atoms with van der Waals surface area (Å²) in [4.78, 5) is 17.9. The number of nitrogens with one attached hydrogen (secondary N) is 1. The zero-order chi connectivity index (χ0) is 14.8. The van der Waals surface area contributed by atoms with Gasteiger partial charge in [-0.1, -0.05) is 11.8 Å². The van der Waals surface area contributed by atoms with Crippen molar-refractivity contribution in [1.82, 2.24) is 40.3 Å². The Morgan fingerprint density at radius 1 is 1.52 bits per heavy atom. The lowest BCUT2D eigenvalue weighted by atomic mass is 10.5. The Balaban J connectivity index is 1.52. The molecule has 0 radical (unpaired) electrons. The molecule has 112 valence electrons. The monoisotopic (exact) mass is 308 g/mol. The molecule has 0 saturated heterocycles. The van der Waals surface area contributed by atoms with Crippen LogP contribution in [0.2, 0.25) is 0 Å². The summed E-state index contributed by atoms with van der Waals surface area (Å²) >= 11 is 1.36. The molecule has 9 nitrogen and oxygen atoms in total. The quantitative estimate of drug-likeness (QED) is 0.759. The molecular formula is C11H16N8OS. The van der Waals surface area contributed by atoms with Crippen molar-refractivity contribution in [2.24, 2.45) is 0 Å². The van der Waals surface area contributed by atoms with E-state index in [1.165, 1.54) is 11.8 Å². The molecule has 1 amide bonds. The van der Waals surface area contributed by atoms with Crippen LogP contribution in [0.3, 0.4) is 0 Å². The van der Waals surface area contributed by atoms with Crippen molar-refractivity contribution < 1.29 is 4.79 Å². The molecule has 2 heterocycles. The number of aryl methyl sites for hydroxylation is 1. The zero-order valence-electron chi connectivity index (χ0n) is 11.9. The molecule has 0 aromatic carbocycles. The van der Waals surface area contributed by atoms with Gasteiger partial charge in [-0.15, -0.1) is 5.10 Å². The van der Waals surface area contributed by atoms with Crippen LogP contribution >= 0.6 is 11.8 Å². The Morgan fingerprint density at radius 2 is 2.33 bits per heavy atom. The second kappa shape index (κ2) is 5.80. The maximum atomic E-state index is 12.1. The van der Waals surface area contributed by atoms with Crippen molar-refractivity contribution in [3.8, 4) is 0 Å². The first-order valence-electron chi connectivity index (χ1n) is 6.66. The third-order valence-electron chi connectivity index (χ3n) is 3.13. The van der Waals surface area contributed by atoms with Crippen molar-refractivity contribution in [2.45, 2.75) is 37.5 Å². The van der Waals surface area contributed by atoms with Gasteiger partial charge >= 0.3 is 0 Å². The number of tetrazole rings is 1. The number of hydrogen-bond acceptors (Lipinski definition) is 7. The standard InChI is InChI=1S/C11H16N8OS/c1-7-12-9(14-13-7)5-18(2)10(20)6-21-11-15-16-17-19(11)8-3-4-8/h8H,3-6H2,1-2H3,(H,12,13,14). The average Bonchev–Trinajstić information content (AvgIpc) is 3.06. The summed E-state index contributed by atoms with van der Waals surface area (Å²) in [5.41, 5.74) is 0. The van der Waals surface area contributed by atoms with Crippen LogP contribution in [0.15, 0.2) is 5.16 Å². The number of H-pyrrole nitrogens is 1. The van der Waals surface area contributed by atoms with Crippen LogP contribution in [0.5, 0.6) is 0 Å². The maximum Gasteiger partial charge on any atom is 0.233 e. The fourth-order valence-corrected chi connectivity index (χ4v) is 2.71. The molecule has 1 aliphatic rings. The Morgan fingerprint density at radius 3 is 3.00 bits per heavy atom. The highest BCUT2D eigenvalue weighted by Crippen LogP contribution is 2.36. The molecule has 0 aliphatic heterocycles. The van der Waals surface area contributed by atoms with Crippen LogP contribution in [0, 0.1) is 6.92 Å². The summed E-state index contributed by atoms with van der Waals surface area (Å²) in [6.45, 7) is 2.21. The molecule has 21 heavy (non-hydrogen) atoms. The lowest BCUT2D eigenvalue weighted by Gasteiger charge is -2.14. The number of aromatic amines is 1. The Labute approximate surface area is 125 Å². The lowest BCUT2D eigenvalue weighted by molar-refractivity contribution is -0.127. The fraction of sp³-hybridized carbons (Fsp3) is 0.636. The zero-order valence-corrected chi connectivity index (χ0v) is 12.7. The van der Waals surface area contributed by atoms with E-state index in [0.717, 1.165) is 18.7 Å². The molecule has 2 aromatic heterocycles. The number of amides is 1. The Bertz CT molecular complexity index is 634. The Hall–Kier alpha value is -1.97. The molecule has 0 spiro atoms. The first-order chi connectivity index (χ1) is 10.1. The van der Waals surface area contributed by atoms with Crippen molar-refractivity contribution in [3.63, 3.8) is 0 Å². The molecule has 1 N–H and O–H groups in total. The van der Waals surface area contributed by atoms with Crippen molar-refractivity contribution in [3.05, 3.63) is 11.6 Å². The number of thioether (sulfide) groups is 1. The van der Waals surface area contributed by atoms with E-state index < -0.39 is 0 Å². The Kier molecular flexibility index (Phi) is 3.86. The first-order valence-corrected chi connectivity index (χ1v) is 7.64. The minimum atomic E-state index is -0.00667. The van der Waals surface area contributed by atoms with E-state index in [9.17, 15) is 4.79 Å². The van der Waals surface area contributed by atoms with E-state index in [2.05, 4.69) is 30.7 Å². The van der Waals surface area contributed by atoms with Crippen molar-refractivity contribution in [2.75, 3.05) is 12.8 Å². The van der Waals surface area contributed by atoms with Gasteiger partial charge in [-0.2, -0.15) is 5.10 Å². The first kappa shape index (κ1) is 14.0. The number of carbonyl (C=O) groups excluding carboxylic acids is 1. The topological polar surface area (TPSA) is 105 Å². The predicted octanol–water partition coefficient (Wildman–Crippen LogP) is 0.185. The number of nitrogens with zero attached hydrogens (tertiary/aromatic N) is 7. The van der Waals surface area contributed by atoms with Crippen LogP contribution in [-0.4, -0.2) is 59.0 Å². The highest BCUT2D eigenvalue weighted by atomic mass is 32.2. The van der Waals surface area contributed by atoms with E-state index in [1.807, 2.05) is 6.92 Å². The molecule has 2 aromatic rings. The normalized spacial score (nSPS) is 14.4. The van der Waals surface area contributed by atoms with Gasteiger partial charge in [0, 0.05) is 7.05 Å². The molecule has 1 saturated carbocycles. The molecule has 10 heteroatoms. The number of carbonyl (C=O) groups is 1. The lowest BCUT2D eigenvalue weighted by Crippen LogP contribution is -2.28. The van der Waals surface area contributed by atoms with Gasteiger partial charge in [-0.05, 0) is 30.2 Å². The van der Waals surface area contributed by atoms with E-state index in [4.69, 9.17) is 0 Å². The minimum Gasteiger partial charge on any atom is -0.337 e. The van der Waals surface area contributed by atoms with Crippen LogP contribution in [-0.2, 0) is 11.3 Å². The van der Waals surface area contributed by atoms with Gasteiger partial charge in [0.25, 0.3) is 0 Å². The summed E-state index contributed by atoms with van der Waals surface area (Å²) in [7, 11) is 1.73. The molecular weight excluding hydrogens is 292 g/mol. The minimum absolute atomic E-state index is 0.00667. The summed E-state index contributed by atoms with van der Waals surface area (Å²) in [6.07, 6.45) is 2.22. The summed E-state index contributed by atoms with van der Waals surface area (Å²) in [6, 6.07) is 0.409. The molecule has 0 bridgehead atoms. The highest BCUT2D eigenvalue weighted by Gasteiger charge is 2.28. The average molecular weight is 308 g/mol. The largest absolute Gasteiger partial charge is 0.337 e. The molecule has 3 rings (SSSR count). The number of hydrogen-bond donors (Lipinski definition) is 1. The smallest absolute Gasteiger partial charge is 0.233 e. The van der Waals surface area contributed by atoms with Gasteiger partial charge in [0.15, 0.2) is 5.82 Å². The van der Waals surface area contributed by atoms with Gasteiger partial charge in [0.2, 0.25) is 11.1 Å². The molecule has 1 aliphatic carbocycles. The third kappa shape index (κ3) is 3.38. The third-order valence-corrected chi connectivity index (χ3v) is 4.05. The fourth-order valence-electron chi connectivity index (χ4n) is 1.83. The van der Waals surface area contributed by atoms with E-state index in [0.29, 0.717) is 29.3 Å². The second-order valence-electron chi connectivity index (χ2n) is 5.01. The second-order valence-corrected chi connectivity index (χ2v) is 5.96. The van der Waals surface area contributed by atoms with Gasteiger partial charge in [-0.3, -0.25) is 9.89 Å². The predicted molar refractivity (Wildman–Crippen MR) is 74.4 cm³/mol.